The maximum Gasteiger partial charge on any atom is 0.240 e. The van der Waals surface area contributed by atoms with Crippen molar-refractivity contribution in [3.05, 3.63) is 102 Å². The molecule has 0 spiro atoms. The molecule has 0 aliphatic carbocycles. The maximum atomic E-state index is 14.1. The van der Waals surface area contributed by atoms with E-state index in [4.69, 9.17) is 4.74 Å². The highest BCUT2D eigenvalue weighted by molar-refractivity contribution is 8.00. The summed E-state index contributed by atoms with van der Waals surface area (Å²) >= 11 is 1.37. The molecule has 2 heterocycles. The van der Waals surface area contributed by atoms with Crippen LogP contribution in [-0.2, 0) is 11.4 Å². The second-order valence-corrected chi connectivity index (χ2v) is 9.30. The lowest BCUT2D eigenvalue weighted by molar-refractivity contribution is -0.129. The normalized spacial score (nSPS) is 14.1. The van der Waals surface area contributed by atoms with E-state index in [-0.39, 0.29) is 18.3 Å². The monoisotopic (exact) mass is 488 g/mol. The third-order valence-corrected chi connectivity index (χ3v) is 7.06. The number of halogens is 1. The lowest BCUT2D eigenvalue weighted by Crippen LogP contribution is -2.31. The highest BCUT2D eigenvalue weighted by Crippen LogP contribution is 2.38. The van der Waals surface area contributed by atoms with Crippen LogP contribution >= 0.6 is 11.8 Å². The molecule has 0 saturated carbocycles. The second kappa shape index (κ2) is 10.7. The molecular weight excluding hydrogens is 463 g/mol. The van der Waals surface area contributed by atoms with Crippen LogP contribution in [0.3, 0.4) is 0 Å². The summed E-state index contributed by atoms with van der Waals surface area (Å²) in [7, 11) is 0. The fraction of sp³-hybridized carbons (Fsp3) is 0.222. The zero-order valence-corrected chi connectivity index (χ0v) is 19.9. The summed E-state index contributed by atoms with van der Waals surface area (Å²) in [6.45, 7) is 1.57. The van der Waals surface area contributed by atoms with Crippen LogP contribution in [0.2, 0.25) is 0 Å². The SMILES string of the molecule is O=C([C@@H](Sc1nnc(COc2ccccc2F)n1-c1ccccc1)c1ccccc1)N1CCCC1. The third kappa shape index (κ3) is 5.22. The molecule has 3 aromatic carbocycles. The van der Waals surface area contributed by atoms with Crippen LogP contribution < -0.4 is 4.74 Å². The van der Waals surface area contributed by atoms with Crippen molar-refractivity contribution >= 4 is 17.7 Å². The van der Waals surface area contributed by atoms with E-state index >= 15 is 0 Å². The van der Waals surface area contributed by atoms with Crippen LogP contribution in [0.5, 0.6) is 5.75 Å². The molecule has 1 aliphatic heterocycles. The molecule has 6 nitrogen and oxygen atoms in total. The first-order chi connectivity index (χ1) is 17.2. The minimum Gasteiger partial charge on any atom is -0.483 e. The van der Waals surface area contributed by atoms with Gasteiger partial charge in [0.2, 0.25) is 5.91 Å². The van der Waals surface area contributed by atoms with Crippen LogP contribution in [0.4, 0.5) is 4.39 Å². The Morgan fingerprint density at radius 3 is 2.29 bits per heavy atom. The van der Waals surface area contributed by atoms with Gasteiger partial charge in [-0.25, -0.2) is 4.39 Å². The molecule has 8 heteroatoms. The summed E-state index contributed by atoms with van der Waals surface area (Å²) in [5.41, 5.74) is 1.76. The van der Waals surface area contributed by atoms with Gasteiger partial charge in [0, 0.05) is 18.8 Å². The minimum atomic E-state index is -0.457. The number of aromatic nitrogens is 3. The fourth-order valence-corrected chi connectivity index (χ4v) is 5.27. The molecule has 0 radical (unpaired) electrons. The van der Waals surface area contributed by atoms with Crippen molar-refractivity contribution in [1.82, 2.24) is 19.7 Å². The smallest absolute Gasteiger partial charge is 0.240 e. The highest BCUT2D eigenvalue weighted by atomic mass is 32.2. The van der Waals surface area contributed by atoms with Gasteiger partial charge in [-0.05, 0) is 42.7 Å². The summed E-state index contributed by atoms with van der Waals surface area (Å²) in [4.78, 5) is 15.5. The van der Waals surface area contributed by atoms with Crippen molar-refractivity contribution in [1.29, 1.82) is 0 Å². The van der Waals surface area contributed by atoms with Crippen molar-refractivity contribution < 1.29 is 13.9 Å². The summed E-state index contributed by atoms with van der Waals surface area (Å²) < 4.78 is 21.7. The van der Waals surface area contributed by atoms with Gasteiger partial charge in [0.15, 0.2) is 22.5 Å². The Morgan fingerprint density at radius 2 is 1.57 bits per heavy atom. The molecule has 1 fully saturated rings. The molecule has 0 bridgehead atoms. The summed E-state index contributed by atoms with van der Waals surface area (Å²) in [6, 6.07) is 25.7. The van der Waals surface area contributed by atoms with Crippen molar-refractivity contribution in [2.24, 2.45) is 0 Å². The third-order valence-electron chi connectivity index (χ3n) is 5.88. The van der Waals surface area contributed by atoms with Gasteiger partial charge >= 0.3 is 0 Å². The van der Waals surface area contributed by atoms with E-state index in [0.717, 1.165) is 37.2 Å². The molecule has 1 saturated heterocycles. The zero-order valence-electron chi connectivity index (χ0n) is 19.1. The minimum absolute atomic E-state index is 0.0272. The van der Waals surface area contributed by atoms with Crippen molar-refractivity contribution in [2.45, 2.75) is 29.9 Å². The Balaban J connectivity index is 1.49. The number of benzene rings is 3. The number of para-hydroxylation sites is 2. The van der Waals surface area contributed by atoms with Crippen LogP contribution in [0.25, 0.3) is 5.69 Å². The Bertz CT molecular complexity index is 1280. The number of likely N-dealkylation sites (tertiary alicyclic amines) is 1. The number of thioether (sulfide) groups is 1. The van der Waals surface area contributed by atoms with Gasteiger partial charge in [0.25, 0.3) is 0 Å². The van der Waals surface area contributed by atoms with Gasteiger partial charge in [-0.3, -0.25) is 9.36 Å². The van der Waals surface area contributed by atoms with Crippen molar-refractivity contribution in [3.63, 3.8) is 0 Å². The highest BCUT2D eigenvalue weighted by Gasteiger charge is 2.31. The van der Waals surface area contributed by atoms with Crippen LogP contribution in [0.1, 0.15) is 29.5 Å². The largest absolute Gasteiger partial charge is 0.483 e. The molecule has 4 aromatic rings. The molecule has 1 atom stereocenters. The molecule has 1 amide bonds. The first kappa shape index (κ1) is 23.1. The maximum absolute atomic E-state index is 14.1. The molecular formula is C27H25FN4O2S. The lowest BCUT2D eigenvalue weighted by Gasteiger charge is -2.23. The number of amides is 1. The summed E-state index contributed by atoms with van der Waals surface area (Å²) in [5, 5.41) is 8.91. The van der Waals surface area contributed by atoms with E-state index < -0.39 is 11.1 Å². The van der Waals surface area contributed by atoms with E-state index in [0.29, 0.717) is 11.0 Å². The van der Waals surface area contributed by atoms with Crippen LogP contribution in [0, 0.1) is 5.82 Å². The molecule has 1 aromatic heterocycles. The quantitative estimate of drug-likeness (QED) is 0.309. The van der Waals surface area contributed by atoms with Crippen LogP contribution in [-0.4, -0.2) is 38.7 Å². The predicted octanol–water partition coefficient (Wildman–Crippen LogP) is 5.44. The average molecular weight is 489 g/mol. The molecule has 178 valence electrons. The fourth-order valence-electron chi connectivity index (χ4n) is 4.11. The van der Waals surface area contributed by atoms with Gasteiger partial charge < -0.3 is 9.64 Å². The number of nitrogens with zero attached hydrogens (tertiary/aromatic N) is 4. The van der Waals surface area contributed by atoms with Gasteiger partial charge in [0.1, 0.15) is 11.9 Å². The first-order valence-electron chi connectivity index (χ1n) is 11.6. The van der Waals surface area contributed by atoms with E-state index in [1.54, 1.807) is 18.2 Å². The molecule has 5 rings (SSSR count). The number of carbonyl (C=O) groups excluding carboxylic acids is 1. The predicted molar refractivity (Wildman–Crippen MR) is 133 cm³/mol. The Hall–Kier alpha value is -3.65. The number of hydrogen-bond acceptors (Lipinski definition) is 5. The van der Waals surface area contributed by atoms with Crippen LogP contribution in [0.15, 0.2) is 90.1 Å². The van der Waals surface area contributed by atoms with E-state index in [2.05, 4.69) is 10.2 Å². The number of ether oxygens (including phenoxy) is 1. The van der Waals surface area contributed by atoms with Crippen molar-refractivity contribution in [3.8, 4) is 11.4 Å². The summed E-state index contributed by atoms with van der Waals surface area (Å²) in [6.07, 6.45) is 2.05. The van der Waals surface area contributed by atoms with Gasteiger partial charge in [-0.15, -0.1) is 10.2 Å². The standard InChI is InChI=1S/C27H25FN4O2S/c28-22-15-7-8-16-23(22)34-19-24-29-30-27(32(24)21-13-5-2-6-14-21)35-25(20-11-3-1-4-12-20)26(33)31-17-9-10-18-31/h1-8,11-16,25H,9-10,17-19H2/t25-/m0/s1. The number of hydrogen-bond donors (Lipinski definition) is 0. The second-order valence-electron chi connectivity index (χ2n) is 8.23. The Labute approximate surface area is 207 Å². The average Bonchev–Trinajstić information content (AvgIpc) is 3.58. The topological polar surface area (TPSA) is 60.2 Å². The Kier molecular flexibility index (Phi) is 7.09. The molecule has 1 aliphatic rings. The molecule has 35 heavy (non-hydrogen) atoms. The summed E-state index contributed by atoms with van der Waals surface area (Å²) in [5.74, 6) is 0.303. The number of rotatable bonds is 8. The van der Waals surface area contributed by atoms with E-state index in [1.165, 1.54) is 17.8 Å². The molecule has 0 N–H and O–H groups in total. The van der Waals surface area contributed by atoms with Gasteiger partial charge in [0.05, 0.1) is 0 Å². The van der Waals surface area contributed by atoms with Gasteiger partial charge in [-0.2, -0.15) is 0 Å². The zero-order chi connectivity index (χ0) is 24.0. The first-order valence-corrected chi connectivity index (χ1v) is 12.5. The molecule has 0 unspecified atom stereocenters. The Morgan fingerprint density at radius 1 is 0.914 bits per heavy atom. The number of carbonyl (C=O) groups is 1. The van der Waals surface area contributed by atoms with Gasteiger partial charge in [-0.1, -0.05) is 72.4 Å². The van der Waals surface area contributed by atoms with Crippen molar-refractivity contribution in [2.75, 3.05) is 13.1 Å². The van der Waals surface area contributed by atoms with E-state index in [1.807, 2.05) is 70.1 Å². The lowest BCUT2D eigenvalue weighted by atomic mass is 10.1. The van der Waals surface area contributed by atoms with E-state index in [9.17, 15) is 9.18 Å².